The quantitative estimate of drug-likeness (QED) is 0.424. The van der Waals surface area contributed by atoms with Gasteiger partial charge in [-0.05, 0) is 36.4 Å². The number of phenolic OH excluding ortho intramolecular Hbond substituents is 1. The van der Waals surface area contributed by atoms with Gasteiger partial charge in [0.1, 0.15) is 5.75 Å². The second-order valence-electron chi connectivity index (χ2n) is 4.23. The maximum absolute atomic E-state index is 9.59. The minimum Gasteiger partial charge on any atom is -0.508 e. The van der Waals surface area contributed by atoms with Crippen LogP contribution in [0.15, 0.2) is 36.4 Å². The minimum absolute atomic E-state index is 0.0271. The van der Waals surface area contributed by atoms with Crippen molar-refractivity contribution in [2.24, 2.45) is 0 Å². The van der Waals surface area contributed by atoms with Crippen molar-refractivity contribution in [1.29, 1.82) is 0 Å². The standard InChI is InChI=1S/C14H17N3O2/c15-9-1-4-14(17-5-6-18)12(7-9)11-8-10(19)2-3-13(11)16/h1-4,7-8,17-19H,5-6,15-16H2. The average molecular weight is 259 g/mol. The first-order valence-electron chi connectivity index (χ1n) is 5.95. The van der Waals surface area contributed by atoms with Gasteiger partial charge in [0.15, 0.2) is 0 Å². The van der Waals surface area contributed by atoms with Crippen molar-refractivity contribution in [2.45, 2.75) is 0 Å². The number of hydrogen-bond acceptors (Lipinski definition) is 5. The smallest absolute Gasteiger partial charge is 0.116 e. The topological polar surface area (TPSA) is 105 Å². The first-order chi connectivity index (χ1) is 9.11. The molecular formula is C14H17N3O2. The summed E-state index contributed by atoms with van der Waals surface area (Å²) in [6.07, 6.45) is 0. The molecule has 7 N–H and O–H groups in total. The fourth-order valence-corrected chi connectivity index (χ4v) is 1.91. The lowest BCUT2D eigenvalue weighted by atomic mass is 10.0. The molecule has 0 radical (unpaired) electrons. The van der Waals surface area contributed by atoms with Crippen molar-refractivity contribution in [1.82, 2.24) is 0 Å². The van der Waals surface area contributed by atoms with E-state index in [-0.39, 0.29) is 12.4 Å². The number of phenols is 1. The molecule has 0 spiro atoms. The number of anilines is 3. The number of rotatable bonds is 4. The molecule has 100 valence electrons. The van der Waals surface area contributed by atoms with Gasteiger partial charge >= 0.3 is 0 Å². The Bertz CT molecular complexity index is 585. The van der Waals surface area contributed by atoms with E-state index in [2.05, 4.69) is 5.32 Å². The zero-order chi connectivity index (χ0) is 13.8. The summed E-state index contributed by atoms with van der Waals surface area (Å²) in [5.74, 6) is 0.139. The molecule has 0 amide bonds. The molecule has 0 fully saturated rings. The highest BCUT2D eigenvalue weighted by atomic mass is 16.3. The summed E-state index contributed by atoms with van der Waals surface area (Å²) >= 11 is 0. The Labute approximate surface area is 111 Å². The van der Waals surface area contributed by atoms with Crippen LogP contribution in [-0.2, 0) is 0 Å². The molecule has 0 aliphatic rings. The van der Waals surface area contributed by atoms with Crippen molar-refractivity contribution in [3.63, 3.8) is 0 Å². The van der Waals surface area contributed by atoms with Gasteiger partial charge in [-0.3, -0.25) is 0 Å². The molecule has 19 heavy (non-hydrogen) atoms. The number of nitrogens with two attached hydrogens (primary N) is 2. The maximum Gasteiger partial charge on any atom is 0.116 e. The van der Waals surface area contributed by atoms with Crippen LogP contribution in [0.3, 0.4) is 0 Å². The van der Waals surface area contributed by atoms with Crippen LogP contribution in [0.4, 0.5) is 17.1 Å². The summed E-state index contributed by atoms with van der Waals surface area (Å²) in [7, 11) is 0. The van der Waals surface area contributed by atoms with Crippen LogP contribution in [0.5, 0.6) is 5.75 Å². The van der Waals surface area contributed by atoms with E-state index in [4.69, 9.17) is 16.6 Å². The maximum atomic E-state index is 9.59. The third-order valence-electron chi connectivity index (χ3n) is 2.80. The van der Waals surface area contributed by atoms with E-state index in [1.807, 2.05) is 6.07 Å². The van der Waals surface area contributed by atoms with Crippen molar-refractivity contribution in [3.8, 4) is 16.9 Å². The van der Waals surface area contributed by atoms with E-state index in [1.165, 1.54) is 6.07 Å². The average Bonchev–Trinajstić information content (AvgIpc) is 2.40. The van der Waals surface area contributed by atoms with Gasteiger partial charge in [0.2, 0.25) is 0 Å². The second-order valence-corrected chi connectivity index (χ2v) is 4.23. The SMILES string of the molecule is Nc1ccc(NCCO)c(-c2cc(O)ccc2N)c1. The summed E-state index contributed by atoms with van der Waals surface area (Å²) in [5, 5.41) is 21.6. The number of aromatic hydroxyl groups is 1. The molecule has 0 bridgehead atoms. The highest BCUT2D eigenvalue weighted by Gasteiger charge is 2.09. The lowest BCUT2D eigenvalue weighted by Gasteiger charge is -2.14. The molecule has 2 rings (SSSR count). The largest absolute Gasteiger partial charge is 0.508 e. The lowest BCUT2D eigenvalue weighted by molar-refractivity contribution is 0.311. The van der Waals surface area contributed by atoms with Gasteiger partial charge in [-0.2, -0.15) is 0 Å². The van der Waals surface area contributed by atoms with Crippen LogP contribution in [0.2, 0.25) is 0 Å². The Hall–Kier alpha value is -2.40. The monoisotopic (exact) mass is 259 g/mol. The van der Waals surface area contributed by atoms with Gasteiger partial charge in [-0.25, -0.2) is 0 Å². The van der Waals surface area contributed by atoms with Crippen LogP contribution in [0.25, 0.3) is 11.1 Å². The molecule has 5 nitrogen and oxygen atoms in total. The third-order valence-corrected chi connectivity index (χ3v) is 2.80. The molecule has 0 aliphatic carbocycles. The molecule has 0 atom stereocenters. The van der Waals surface area contributed by atoms with E-state index >= 15 is 0 Å². The zero-order valence-electron chi connectivity index (χ0n) is 10.4. The first kappa shape index (κ1) is 13.0. The predicted octanol–water partition coefficient (Wildman–Crippen LogP) is 1.63. The number of aliphatic hydroxyl groups is 1. The molecule has 0 heterocycles. The highest BCUT2D eigenvalue weighted by Crippen LogP contribution is 2.35. The molecule has 2 aromatic rings. The van der Waals surface area contributed by atoms with Crippen LogP contribution in [0.1, 0.15) is 0 Å². The zero-order valence-corrected chi connectivity index (χ0v) is 10.4. The summed E-state index contributed by atoms with van der Waals surface area (Å²) in [4.78, 5) is 0. The number of nitrogens with one attached hydrogen (secondary N) is 1. The summed E-state index contributed by atoms with van der Waals surface area (Å²) < 4.78 is 0. The van der Waals surface area contributed by atoms with Crippen LogP contribution >= 0.6 is 0 Å². The van der Waals surface area contributed by atoms with Gasteiger partial charge in [0.05, 0.1) is 6.61 Å². The Balaban J connectivity index is 2.52. The van der Waals surface area contributed by atoms with Crippen molar-refractivity contribution < 1.29 is 10.2 Å². The molecular weight excluding hydrogens is 242 g/mol. The van der Waals surface area contributed by atoms with Crippen molar-refractivity contribution >= 4 is 17.1 Å². The molecule has 0 saturated heterocycles. The fraction of sp³-hybridized carbons (Fsp3) is 0.143. The Morgan fingerprint density at radius 1 is 1.00 bits per heavy atom. The molecule has 2 aromatic carbocycles. The van der Waals surface area contributed by atoms with E-state index in [0.717, 1.165) is 11.3 Å². The minimum atomic E-state index is 0.0271. The molecule has 0 aliphatic heterocycles. The fourth-order valence-electron chi connectivity index (χ4n) is 1.91. The van der Waals surface area contributed by atoms with Gasteiger partial charge in [0, 0.05) is 34.7 Å². The second kappa shape index (κ2) is 5.49. The van der Waals surface area contributed by atoms with E-state index in [9.17, 15) is 5.11 Å². The normalized spacial score (nSPS) is 10.4. The molecule has 0 saturated carbocycles. The van der Waals surface area contributed by atoms with Crippen molar-refractivity contribution in [2.75, 3.05) is 29.9 Å². The third kappa shape index (κ3) is 2.89. The van der Waals surface area contributed by atoms with E-state index in [1.54, 1.807) is 24.3 Å². The number of aliphatic hydroxyl groups excluding tert-OH is 1. The Kier molecular flexibility index (Phi) is 3.77. The summed E-state index contributed by atoms with van der Waals surface area (Å²) in [5.41, 5.74) is 15.2. The highest BCUT2D eigenvalue weighted by molar-refractivity contribution is 5.87. The molecule has 0 aromatic heterocycles. The van der Waals surface area contributed by atoms with Crippen molar-refractivity contribution in [3.05, 3.63) is 36.4 Å². The summed E-state index contributed by atoms with van der Waals surface area (Å²) in [6, 6.07) is 10.1. The van der Waals surface area contributed by atoms with Crippen LogP contribution in [-0.4, -0.2) is 23.4 Å². The lowest BCUT2D eigenvalue weighted by Crippen LogP contribution is -2.07. The van der Waals surface area contributed by atoms with Gasteiger partial charge < -0.3 is 27.0 Å². The Morgan fingerprint density at radius 2 is 1.79 bits per heavy atom. The number of benzene rings is 2. The number of hydrogen-bond donors (Lipinski definition) is 5. The van der Waals surface area contributed by atoms with Gasteiger partial charge in [-0.15, -0.1) is 0 Å². The van der Waals surface area contributed by atoms with Crippen LogP contribution < -0.4 is 16.8 Å². The van der Waals surface area contributed by atoms with Gasteiger partial charge in [0.25, 0.3) is 0 Å². The number of nitrogen functional groups attached to an aromatic ring is 2. The molecule has 0 unspecified atom stereocenters. The predicted molar refractivity (Wildman–Crippen MR) is 77.9 cm³/mol. The van der Waals surface area contributed by atoms with E-state index < -0.39 is 0 Å². The first-order valence-corrected chi connectivity index (χ1v) is 5.95. The van der Waals surface area contributed by atoms with E-state index in [0.29, 0.717) is 23.5 Å². The summed E-state index contributed by atoms with van der Waals surface area (Å²) in [6.45, 7) is 0.453. The van der Waals surface area contributed by atoms with Crippen LogP contribution in [0, 0.1) is 0 Å². The molecule has 5 heteroatoms. The van der Waals surface area contributed by atoms with Gasteiger partial charge in [-0.1, -0.05) is 0 Å². The Morgan fingerprint density at radius 3 is 2.53 bits per heavy atom.